The largest absolute Gasteiger partial charge is 0.487 e. The van der Waals surface area contributed by atoms with Gasteiger partial charge >= 0.3 is 0 Å². The summed E-state index contributed by atoms with van der Waals surface area (Å²) in [5.41, 5.74) is 0.931. The van der Waals surface area contributed by atoms with Crippen molar-refractivity contribution >= 4 is 17.6 Å². The molecule has 2 aromatic rings. The summed E-state index contributed by atoms with van der Waals surface area (Å²) in [5, 5.41) is 3.28. The standard InChI is InChI=1S/C16H20N2OS/c1-3-11-17-16-6-4-5-13(18-16)12-19-14-7-9-15(20-2)10-8-14/h4-10H,3,11-12H2,1-2H3,(H,17,18). The Hall–Kier alpha value is -1.68. The summed E-state index contributed by atoms with van der Waals surface area (Å²) in [6.07, 6.45) is 3.15. The van der Waals surface area contributed by atoms with Crippen molar-refractivity contribution in [3.8, 4) is 5.75 Å². The number of hydrogen-bond donors (Lipinski definition) is 1. The molecule has 4 heteroatoms. The lowest BCUT2D eigenvalue weighted by Crippen LogP contribution is -2.04. The Morgan fingerprint density at radius 2 is 1.95 bits per heavy atom. The molecule has 0 aliphatic rings. The van der Waals surface area contributed by atoms with Crippen LogP contribution in [0.15, 0.2) is 47.4 Å². The SMILES string of the molecule is CCCNc1cccc(COc2ccc(SC)cc2)n1. The number of anilines is 1. The van der Waals surface area contributed by atoms with Crippen LogP contribution in [-0.4, -0.2) is 17.8 Å². The third kappa shape index (κ3) is 4.46. The Morgan fingerprint density at radius 1 is 1.15 bits per heavy atom. The molecule has 0 saturated carbocycles. The first kappa shape index (κ1) is 14.7. The number of hydrogen-bond acceptors (Lipinski definition) is 4. The number of benzene rings is 1. The molecular weight excluding hydrogens is 268 g/mol. The third-order valence-corrected chi connectivity index (χ3v) is 3.55. The number of aromatic nitrogens is 1. The van der Waals surface area contributed by atoms with Gasteiger partial charge in [0.05, 0.1) is 5.69 Å². The highest BCUT2D eigenvalue weighted by atomic mass is 32.2. The molecule has 1 aromatic carbocycles. The summed E-state index contributed by atoms with van der Waals surface area (Å²) in [5.74, 6) is 1.78. The van der Waals surface area contributed by atoms with Gasteiger partial charge in [-0.2, -0.15) is 0 Å². The molecule has 0 spiro atoms. The highest BCUT2D eigenvalue weighted by Crippen LogP contribution is 2.19. The zero-order chi connectivity index (χ0) is 14.2. The maximum atomic E-state index is 5.75. The summed E-state index contributed by atoms with van der Waals surface area (Å²) >= 11 is 1.73. The van der Waals surface area contributed by atoms with Crippen LogP contribution in [0, 0.1) is 0 Å². The molecule has 1 heterocycles. The summed E-state index contributed by atoms with van der Waals surface area (Å²) in [7, 11) is 0. The van der Waals surface area contributed by atoms with Gasteiger partial charge in [0, 0.05) is 11.4 Å². The van der Waals surface area contributed by atoms with Crippen LogP contribution < -0.4 is 10.1 Å². The van der Waals surface area contributed by atoms with Crippen LogP contribution in [0.25, 0.3) is 0 Å². The fourth-order valence-corrected chi connectivity index (χ4v) is 2.15. The third-order valence-electron chi connectivity index (χ3n) is 2.81. The molecule has 0 unspecified atom stereocenters. The average Bonchev–Trinajstić information content (AvgIpc) is 2.52. The normalized spacial score (nSPS) is 10.3. The number of rotatable bonds is 7. The van der Waals surface area contributed by atoms with E-state index >= 15 is 0 Å². The van der Waals surface area contributed by atoms with Crippen LogP contribution >= 0.6 is 11.8 Å². The molecule has 0 aliphatic heterocycles. The number of pyridine rings is 1. The molecule has 106 valence electrons. The first-order valence-electron chi connectivity index (χ1n) is 6.78. The predicted octanol–water partition coefficient (Wildman–Crippen LogP) is 4.20. The Balaban J connectivity index is 1.92. The molecule has 0 fully saturated rings. The van der Waals surface area contributed by atoms with E-state index in [2.05, 4.69) is 35.6 Å². The highest BCUT2D eigenvalue weighted by Gasteiger charge is 1.99. The smallest absolute Gasteiger partial charge is 0.130 e. The topological polar surface area (TPSA) is 34.1 Å². The maximum Gasteiger partial charge on any atom is 0.130 e. The molecule has 20 heavy (non-hydrogen) atoms. The minimum absolute atomic E-state index is 0.486. The van der Waals surface area contributed by atoms with Gasteiger partial charge in [-0.1, -0.05) is 13.0 Å². The van der Waals surface area contributed by atoms with Gasteiger partial charge in [-0.25, -0.2) is 4.98 Å². The molecule has 0 saturated heterocycles. The molecule has 1 aromatic heterocycles. The first-order chi connectivity index (χ1) is 9.81. The second kappa shape index (κ2) is 7.80. The van der Waals surface area contributed by atoms with Crippen LogP contribution in [0.2, 0.25) is 0 Å². The molecule has 0 bridgehead atoms. The van der Waals surface area contributed by atoms with Crippen LogP contribution in [0.4, 0.5) is 5.82 Å². The molecular formula is C16H20N2OS. The van der Waals surface area contributed by atoms with Gasteiger partial charge < -0.3 is 10.1 Å². The van der Waals surface area contributed by atoms with Crippen LogP contribution in [0.5, 0.6) is 5.75 Å². The van der Waals surface area contributed by atoms with E-state index in [1.165, 1.54) is 4.90 Å². The summed E-state index contributed by atoms with van der Waals surface area (Å²) < 4.78 is 5.75. The van der Waals surface area contributed by atoms with Crippen molar-refractivity contribution in [2.75, 3.05) is 18.1 Å². The van der Waals surface area contributed by atoms with Crippen molar-refractivity contribution < 1.29 is 4.74 Å². The van der Waals surface area contributed by atoms with Crippen LogP contribution in [-0.2, 0) is 6.61 Å². The zero-order valence-electron chi connectivity index (χ0n) is 11.9. The fraction of sp³-hybridized carbons (Fsp3) is 0.312. The number of thioether (sulfide) groups is 1. The summed E-state index contributed by atoms with van der Waals surface area (Å²) in [6.45, 7) is 3.56. The van der Waals surface area contributed by atoms with Gasteiger partial charge in [0.2, 0.25) is 0 Å². The van der Waals surface area contributed by atoms with E-state index in [9.17, 15) is 0 Å². The maximum absolute atomic E-state index is 5.75. The van der Waals surface area contributed by atoms with Gasteiger partial charge in [-0.15, -0.1) is 11.8 Å². The minimum Gasteiger partial charge on any atom is -0.487 e. The number of ether oxygens (including phenoxy) is 1. The van der Waals surface area contributed by atoms with E-state index in [4.69, 9.17) is 4.74 Å². The van der Waals surface area contributed by atoms with Gasteiger partial charge in [0.1, 0.15) is 18.2 Å². The average molecular weight is 288 g/mol. The van der Waals surface area contributed by atoms with Crippen LogP contribution in [0.1, 0.15) is 19.0 Å². The van der Waals surface area contributed by atoms with Gasteiger partial charge in [-0.3, -0.25) is 0 Å². The Bertz CT molecular complexity index is 528. The molecule has 0 aliphatic carbocycles. The van der Waals surface area contributed by atoms with E-state index in [0.717, 1.165) is 30.2 Å². The number of nitrogens with one attached hydrogen (secondary N) is 1. The van der Waals surface area contributed by atoms with Crippen molar-refractivity contribution in [3.63, 3.8) is 0 Å². The molecule has 0 amide bonds. The molecule has 0 radical (unpaired) electrons. The zero-order valence-corrected chi connectivity index (χ0v) is 12.7. The van der Waals surface area contributed by atoms with E-state index in [1.807, 2.05) is 30.3 Å². The van der Waals surface area contributed by atoms with Crippen molar-refractivity contribution in [1.82, 2.24) is 4.98 Å². The second-order valence-corrected chi connectivity index (χ2v) is 5.28. The van der Waals surface area contributed by atoms with E-state index < -0.39 is 0 Å². The summed E-state index contributed by atoms with van der Waals surface area (Å²) in [4.78, 5) is 5.76. The fourth-order valence-electron chi connectivity index (χ4n) is 1.74. The van der Waals surface area contributed by atoms with E-state index in [1.54, 1.807) is 11.8 Å². The Kier molecular flexibility index (Phi) is 5.74. The molecule has 1 N–H and O–H groups in total. The molecule has 2 rings (SSSR count). The number of nitrogens with zero attached hydrogens (tertiary/aromatic N) is 1. The van der Waals surface area contributed by atoms with Crippen molar-refractivity contribution in [1.29, 1.82) is 0 Å². The van der Waals surface area contributed by atoms with Crippen molar-refractivity contribution in [2.45, 2.75) is 24.8 Å². The molecule has 0 atom stereocenters. The monoisotopic (exact) mass is 288 g/mol. The predicted molar refractivity (Wildman–Crippen MR) is 85.6 cm³/mol. The lowest BCUT2D eigenvalue weighted by molar-refractivity contribution is 0.301. The van der Waals surface area contributed by atoms with Gasteiger partial charge in [0.15, 0.2) is 0 Å². The molecule has 3 nitrogen and oxygen atoms in total. The first-order valence-corrected chi connectivity index (χ1v) is 8.01. The minimum atomic E-state index is 0.486. The van der Waals surface area contributed by atoms with E-state index in [-0.39, 0.29) is 0 Å². The van der Waals surface area contributed by atoms with Gasteiger partial charge in [-0.05, 0) is 49.1 Å². The highest BCUT2D eigenvalue weighted by molar-refractivity contribution is 7.98. The lowest BCUT2D eigenvalue weighted by Gasteiger charge is -2.08. The van der Waals surface area contributed by atoms with Gasteiger partial charge in [0.25, 0.3) is 0 Å². The lowest BCUT2D eigenvalue weighted by atomic mass is 10.3. The van der Waals surface area contributed by atoms with Crippen LogP contribution in [0.3, 0.4) is 0 Å². The van der Waals surface area contributed by atoms with E-state index in [0.29, 0.717) is 6.61 Å². The Labute approximate surface area is 124 Å². The second-order valence-electron chi connectivity index (χ2n) is 4.41. The summed E-state index contributed by atoms with van der Waals surface area (Å²) in [6, 6.07) is 14.1. The van der Waals surface area contributed by atoms with Crippen molar-refractivity contribution in [3.05, 3.63) is 48.2 Å². The Morgan fingerprint density at radius 3 is 2.65 bits per heavy atom. The van der Waals surface area contributed by atoms with Crippen molar-refractivity contribution in [2.24, 2.45) is 0 Å². The quantitative estimate of drug-likeness (QED) is 0.774.